The molecule has 3 amide bonds. The van der Waals surface area contributed by atoms with Crippen LogP contribution in [0.25, 0.3) is 0 Å². The zero-order chi connectivity index (χ0) is 20.1. The first kappa shape index (κ1) is 20.8. The molecule has 1 unspecified atom stereocenters. The molecule has 2 aliphatic rings. The van der Waals surface area contributed by atoms with Gasteiger partial charge in [0.15, 0.2) is 0 Å². The molecule has 27 heavy (non-hydrogen) atoms. The summed E-state index contributed by atoms with van der Waals surface area (Å²) in [5.74, 6) is -5.89. The summed E-state index contributed by atoms with van der Waals surface area (Å²) in [6, 6.07) is -1.00. The van der Waals surface area contributed by atoms with E-state index in [4.69, 9.17) is 9.76 Å². The molecular formula is C15H22BN3O8. The standard InChI is InChI=1S/C15H22BN3O8/c1-7(18-14(24)9-4-5-17-15(25)12(9)22)13(23)19-10-3-2-8(6-11(20)21)27-16(10)26/h7-10,26H,2-6H2,1H3,(H,17,25)(H,18,24)(H,19,23)(H,20,21)/t7-,8+,9?,10+/m1/s1. The van der Waals surface area contributed by atoms with Gasteiger partial charge < -0.3 is 30.7 Å². The molecule has 2 heterocycles. The van der Waals surface area contributed by atoms with Gasteiger partial charge in [-0.15, -0.1) is 0 Å². The number of carboxylic acid groups (broad SMARTS) is 1. The van der Waals surface area contributed by atoms with Gasteiger partial charge in [-0.05, 0) is 26.2 Å². The fourth-order valence-electron chi connectivity index (χ4n) is 3.00. The highest BCUT2D eigenvalue weighted by molar-refractivity contribution is 6.45. The molecular weight excluding hydrogens is 361 g/mol. The maximum Gasteiger partial charge on any atom is 0.478 e. The van der Waals surface area contributed by atoms with Gasteiger partial charge in [0.05, 0.1) is 18.5 Å². The lowest BCUT2D eigenvalue weighted by Gasteiger charge is -2.31. The second kappa shape index (κ2) is 8.95. The minimum Gasteiger partial charge on any atom is -0.481 e. The van der Waals surface area contributed by atoms with Crippen molar-refractivity contribution in [2.24, 2.45) is 5.92 Å². The van der Waals surface area contributed by atoms with Crippen molar-refractivity contribution < 1.29 is 38.8 Å². The summed E-state index contributed by atoms with van der Waals surface area (Å²) < 4.78 is 5.18. The first-order chi connectivity index (χ1) is 12.7. The first-order valence-corrected chi connectivity index (χ1v) is 8.67. The van der Waals surface area contributed by atoms with E-state index < -0.39 is 60.6 Å². The number of hydrogen-bond donors (Lipinski definition) is 5. The Kier molecular flexibility index (Phi) is 6.91. The lowest BCUT2D eigenvalue weighted by molar-refractivity contribution is -0.146. The zero-order valence-electron chi connectivity index (χ0n) is 14.8. The van der Waals surface area contributed by atoms with E-state index in [2.05, 4.69) is 16.0 Å². The number of Topliss-reactive ketones (excluding diaryl/α,β-unsaturated/α-hetero) is 1. The molecule has 2 saturated heterocycles. The monoisotopic (exact) mass is 383 g/mol. The van der Waals surface area contributed by atoms with Crippen molar-refractivity contribution in [2.45, 2.75) is 50.7 Å². The summed E-state index contributed by atoms with van der Waals surface area (Å²) in [5, 5.41) is 25.9. The predicted molar refractivity (Wildman–Crippen MR) is 90.0 cm³/mol. The fraction of sp³-hybridized carbons (Fsp3) is 0.667. The van der Waals surface area contributed by atoms with Crippen LogP contribution in [0.4, 0.5) is 0 Å². The highest BCUT2D eigenvalue weighted by Gasteiger charge is 2.39. The Morgan fingerprint density at radius 3 is 2.63 bits per heavy atom. The molecule has 12 heteroatoms. The van der Waals surface area contributed by atoms with E-state index in [1.165, 1.54) is 6.92 Å². The summed E-state index contributed by atoms with van der Waals surface area (Å²) in [7, 11) is -1.36. The van der Waals surface area contributed by atoms with Crippen LogP contribution in [0.2, 0.25) is 0 Å². The van der Waals surface area contributed by atoms with Crippen LogP contribution in [-0.4, -0.2) is 71.4 Å². The van der Waals surface area contributed by atoms with Crippen molar-refractivity contribution in [1.82, 2.24) is 16.0 Å². The lowest BCUT2D eigenvalue weighted by Crippen LogP contribution is -2.57. The number of amides is 3. The molecule has 2 aliphatic heterocycles. The highest BCUT2D eigenvalue weighted by atomic mass is 16.5. The predicted octanol–water partition coefficient (Wildman–Crippen LogP) is -2.65. The summed E-state index contributed by atoms with van der Waals surface area (Å²) in [6.07, 6.45) is -0.0581. The molecule has 0 aromatic heterocycles. The minimum atomic E-state index is -1.36. The maximum absolute atomic E-state index is 12.2. The molecule has 2 fully saturated rings. The van der Waals surface area contributed by atoms with Crippen LogP contribution in [0.15, 0.2) is 0 Å². The molecule has 0 bridgehead atoms. The summed E-state index contributed by atoms with van der Waals surface area (Å²) in [5.41, 5.74) is 0. The summed E-state index contributed by atoms with van der Waals surface area (Å²) >= 11 is 0. The zero-order valence-corrected chi connectivity index (χ0v) is 14.8. The lowest BCUT2D eigenvalue weighted by atomic mass is 9.72. The Balaban J connectivity index is 1.83. The number of carbonyl (C=O) groups is 5. The van der Waals surface area contributed by atoms with Crippen molar-refractivity contribution >= 4 is 36.6 Å². The third-order valence-electron chi connectivity index (χ3n) is 4.53. The second-order valence-corrected chi connectivity index (χ2v) is 6.63. The van der Waals surface area contributed by atoms with Gasteiger partial charge in [-0.3, -0.25) is 24.0 Å². The number of nitrogens with one attached hydrogen (secondary N) is 3. The topological polar surface area (TPSA) is 171 Å². The van der Waals surface area contributed by atoms with Gasteiger partial charge in [0, 0.05) is 6.54 Å². The van der Waals surface area contributed by atoms with Crippen LogP contribution in [0, 0.1) is 5.92 Å². The normalized spacial score (nSPS) is 26.7. The largest absolute Gasteiger partial charge is 0.481 e. The second-order valence-electron chi connectivity index (χ2n) is 6.63. The molecule has 0 saturated carbocycles. The number of carboxylic acids is 1. The molecule has 0 spiro atoms. The molecule has 2 rings (SSSR count). The minimum absolute atomic E-state index is 0.158. The number of ketones is 1. The van der Waals surface area contributed by atoms with Crippen LogP contribution in [-0.2, 0) is 28.6 Å². The van der Waals surface area contributed by atoms with Crippen LogP contribution >= 0.6 is 0 Å². The fourth-order valence-corrected chi connectivity index (χ4v) is 3.00. The van der Waals surface area contributed by atoms with Crippen LogP contribution in [0.3, 0.4) is 0 Å². The number of piperidine rings is 1. The molecule has 4 atom stereocenters. The third kappa shape index (κ3) is 5.50. The molecule has 0 radical (unpaired) electrons. The van der Waals surface area contributed by atoms with E-state index in [9.17, 15) is 29.0 Å². The van der Waals surface area contributed by atoms with Gasteiger partial charge in [0.2, 0.25) is 17.6 Å². The molecule has 11 nitrogen and oxygen atoms in total. The summed E-state index contributed by atoms with van der Waals surface area (Å²) in [4.78, 5) is 58.1. The Bertz CT molecular complexity index is 643. The van der Waals surface area contributed by atoms with E-state index in [0.29, 0.717) is 12.8 Å². The molecule has 0 aliphatic carbocycles. The van der Waals surface area contributed by atoms with Crippen molar-refractivity contribution in [3.8, 4) is 0 Å². The van der Waals surface area contributed by atoms with Gasteiger partial charge in [-0.1, -0.05) is 0 Å². The smallest absolute Gasteiger partial charge is 0.478 e. The van der Waals surface area contributed by atoms with Crippen molar-refractivity contribution in [1.29, 1.82) is 0 Å². The van der Waals surface area contributed by atoms with E-state index in [0.717, 1.165) is 0 Å². The van der Waals surface area contributed by atoms with Crippen LogP contribution in [0.1, 0.15) is 32.6 Å². The maximum atomic E-state index is 12.2. The van der Waals surface area contributed by atoms with Crippen LogP contribution < -0.4 is 16.0 Å². The first-order valence-electron chi connectivity index (χ1n) is 8.67. The Hall–Kier alpha value is -2.47. The van der Waals surface area contributed by atoms with Crippen molar-refractivity contribution in [3.05, 3.63) is 0 Å². The van der Waals surface area contributed by atoms with Crippen molar-refractivity contribution in [3.63, 3.8) is 0 Å². The van der Waals surface area contributed by atoms with Gasteiger partial charge >= 0.3 is 13.1 Å². The van der Waals surface area contributed by atoms with Gasteiger partial charge in [0.1, 0.15) is 12.0 Å². The molecule has 0 aromatic rings. The number of hydrogen-bond acceptors (Lipinski definition) is 7. The number of rotatable bonds is 6. The van der Waals surface area contributed by atoms with Gasteiger partial charge in [-0.25, -0.2) is 0 Å². The Morgan fingerprint density at radius 1 is 1.30 bits per heavy atom. The molecule has 5 N–H and O–H groups in total. The van der Waals surface area contributed by atoms with Gasteiger partial charge in [0.25, 0.3) is 5.91 Å². The Labute approximate surface area is 155 Å². The van der Waals surface area contributed by atoms with Crippen LogP contribution in [0.5, 0.6) is 0 Å². The van der Waals surface area contributed by atoms with E-state index in [-0.39, 0.29) is 19.4 Å². The average molecular weight is 383 g/mol. The van der Waals surface area contributed by atoms with E-state index in [1.54, 1.807) is 0 Å². The SMILES string of the molecule is C[C@@H](NC(=O)C1CCNC(=O)C1=O)C(=O)N[C@H]1CC[C@@H](CC(=O)O)OB1O. The summed E-state index contributed by atoms with van der Waals surface area (Å²) in [6.45, 7) is 1.61. The van der Waals surface area contributed by atoms with E-state index in [1.807, 2.05) is 0 Å². The molecule has 0 aromatic carbocycles. The molecule has 148 valence electrons. The van der Waals surface area contributed by atoms with E-state index >= 15 is 0 Å². The third-order valence-corrected chi connectivity index (χ3v) is 4.53. The Morgan fingerprint density at radius 2 is 2.00 bits per heavy atom. The quantitative estimate of drug-likeness (QED) is 0.188. The van der Waals surface area contributed by atoms with Crippen molar-refractivity contribution in [2.75, 3.05) is 6.54 Å². The van der Waals surface area contributed by atoms with Gasteiger partial charge in [-0.2, -0.15) is 0 Å². The number of aliphatic carboxylic acids is 1. The average Bonchev–Trinajstić information content (AvgIpc) is 2.58. The highest BCUT2D eigenvalue weighted by Crippen LogP contribution is 2.18. The number of carbonyl (C=O) groups excluding carboxylic acids is 4.